The van der Waals surface area contributed by atoms with Crippen LogP contribution in [0.1, 0.15) is 27.2 Å². The van der Waals surface area contributed by atoms with E-state index in [2.05, 4.69) is 42.0 Å². The van der Waals surface area contributed by atoms with Crippen molar-refractivity contribution in [1.29, 1.82) is 0 Å². The van der Waals surface area contributed by atoms with Crippen LogP contribution in [0.25, 0.3) is 0 Å². The van der Waals surface area contributed by atoms with Gasteiger partial charge in [0.05, 0.1) is 0 Å². The second kappa shape index (κ2) is 7.02. The van der Waals surface area contributed by atoms with Gasteiger partial charge >= 0.3 is 0 Å². The van der Waals surface area contributed by atoms with Gasteiger partial charge in [-0.3, -0.25) is 0 Å². The predicted octanol–water partition coefficient (Wildman–Crippen LogP) is 3.85. The Bertz CT molecular complexity index is 316. The Labute approximate surface area is 113 Å². The fourth-order valence-electron chi connectivity index (χ4n) is 1.36. The van der Waals surface area contributed by atoms with E-state index in [1.165, 1.54) is 6.42 Å². The van der Waals surface area contributed by atoms with Crippen molar-refractivity contribution in [3.63, 3.8) is 0 Å². The van der Waals surface area contributed by atoms with E-state index in [0.717, 1.165) is 23.3 Å². The lowest BCUT2D eigenvalue weighted by atomic mass is 9.92. The first-order chi connectivity index (χ1) is 7.97. The van der Waals surface area contributed by atoms with Gasteiger partial charge in [0.15, 0.2) is 0 Å². The Morgan fingerprint density at radius 1 is 1.12 bits per heavy atom. The average Bonchev–Trinajstić information content (AvgIpc) is 2.24. The maximum absolute atomic E-state index is 5.61. The highest BCUT2D eigenvalue weighted by molar-refractivity contribution is 9.10. The molecule has 0 radical (unpaired) electrons. The molecule has 0 spiro atoms. The molecule has 0 fully saturated rings. The molecule has 0 amide bonds. The summed E-state index contributed by atoms with van der Waals surface area (Å²) in [6.07, 6.45) is 1.19. The van der Waals surface area contributed by atoms with Crippen molar-refractivity contribution in [3.05, 3.63) is 28.7 Å². The number of halogens is 1. The molecule has 0 aliphatic carbocycles. The van der Waals surface area contributed by atoms with Crippen molar-refractivity contribution in [2.45, 2.75) is 27.2 Å². The molecule has 0 aliphatic heterocycles. The first-order valence-corrected chi connectivity index (χ1v) is 6.86. The monoisotopic (exact) mass is 299 g/mol. The van der Waals surface area contributed by atoms with Crippen LogP contribution in [0, 0.1) is 5.41 Å². The molecule has 96 valence electrons. The summed E-state index contributed by atoms with van der Waals surface area (Å²) in [6.45, 7) is 9.43. The van der Waals surface area contributed by atoms with Crippen LogP contribution in [0.2, 0.25) is 0 Å². The van der Waals surface area contributed by atoms with Gasteiger partial charge in [0.2, 0.25) is 0 Å². The second-order valence-electron chi connectivity index (χ2n) is 5.36. The third-order valence-corrected chi connectivity index (χ3v) is 2.94. The zero-order chi connectivity index (χ0) is 12.7. The van der Waals surface area contributed by atoms with E-state index in [1.807, 2.05) is 24.3 Å². The van der Waals surface area contributed by atoms with E-state index < -0.39 is 0 Å². The van der Waals surface area contributed by atoms with Crippen LogP contribution < -0.4 is 10.1 Å². The molecule has 1 N–H and O–H groups in total. The topological polar surface area (TPSA) is 21.3 Å². The Hall–Kier alpha value is -0.540. The molecule has 1 aromatic rings. The molecule has 0 aromatic heterocycles. The first-order valence-electron chi connectivity index (χ1n) is 6.06. The normalized spacial score (nSPS) is 11.5. The third-order valence-electron chi connectivity index (χ3n) is 2.41. The quantitative estimate of drug-likeness (QED) is 0.806. The second-order valence-corrected chi connectivity index (χ2v) is 6.28. The summed E-state index contributed by atoms with van der Waals surface area (Å²) >= 11 is 3.40. The van der Waals surface area contributed by atoms with Gasteiger partial charge < -0.3 is 10.1 Å². The highest BCUT2D eigenvalue weighted by atomic mass is 79.9. The van der Waals surface area contributed by atoms with Gasteiger partial charge in [0, 0.05) is 11.0 Å². The lowest BCUT2D eigenvalue weighted by molar-refractivity contribution is 0.304. The molecule has 1 aromatic carbocycles. The Kier molecular flexibility index (Phi) is 6.00. The van der Waals surface area contributed by atoms with E-state index in [0.29, 0.717) is 12.0 Å². The van der Waals surface area contributed by atoms with Crippen molar-refractivity contribution in [2.75, 3.05) is 19.7 Å². The summed E-state index contributed by atoms with van der Waals surface area (Å²) in [5, 5.41) is 3.39. The molecule has 0 saturated carbocycles. The third kappa shape index (κ3) is 7.40. The molecule has 0 bridgehead atoms. The van der Waals surface area contributed by atoms with Crippen molar-refractivity contribution in [2.24, 2.45) is 5.41 Å². The summed E-state index contributed by atoms with van der Waals surface area (Å²) in [5.41, 5.74) is 0.402. The highest BCUT2D eigenvalue weighted by Gasteiger charge is 2.08. The molecular weight excluding hydrogens is 278 g/mol. The van der Waals surface area contributed by atoms with E-state index in [-0.39, 0.29) is 0 Å². The molecule has 0 aliphatic rings. The zero-order valence-electron chi connectivity index (χ0n) is 10.9. The molecule has 0 unspecified atom stereocenters. The van der Waals surface area contributed by atoms with Crippen LogP contribution in [-0.4, -0.2) is 19.7 Å². The van der Waals surface area contributed by atoms with Crippen molar-refractivity contribution in [1.82, 2.24) is 5.32 Å². The fraction of sp³-hybridized carbons (Fsp3) is 0.571. The number of benzene rings is 1. The molecule has 1 rings (SSSR count). The minimum atomic E-state index is 0.402. The van der Waals surface area contributed by atoms with Crippen molar-refractivity contribution < 1.29 is 4.74 Å². The van der Waals surface area contributed by atoms with Crippen molar-refractivity contribution in [3.8, 4) is 5.75 Å². The SMILES string of the molecule is CC(C)(C)CCNCCOc1ccc(Br)cc1. The van der Waals surface area contributed by atoms with E-state index in [1.54, 1.807) is 0 Å². The molecule has 3 heteroatoms. The largest absolute Gasteiger partial charge is 0.492 e. The Balaban J connectivity index is 2.07. The summed E-state index contributed by atoms with van der Waals surface area (Å²) < 4.78 is 6.69. The van der Waals surface area contributed by atoms with Gasteiger partial charge in [0.1, 0.15) is 12.4 Å². The predicted molar refractivity (Wildman–Crippen MR) is 76.6 cm³/mol. The van der Waals surface area contributed by atoms with Crippen LogP contribution in [0.15, 0.2) is 28.7 Å². The number of ether oxygens (including phenoxy) is 1. The molecule has 17 heavy (non-hydrogen) atoms. The van der Waals surface area contributed by atoms with Gasteiger partial charge in [-0.15, -0.1) is 0 Å². The summed E-state index contributed by atoms with van der Waals surface area (Å²) in [4.78, 5) is 0. The van der Waals surface area contributed by atoms with Gasteiger partial charge in [-0.1, -0.05) is 36.7 Å². The van der Waals surface area contributed by atoms with Crippen LogP contribution in [-0.2, 0) is 0 Å². The van der Waals surface area contributed by atoms with Gasteiger partial charge in [-0.05, 0) is 42.6 Å². The summed E-state index contributed by atoms with van der Waals surface area (Å²) in [5.74, 6) is 0.922. The molecule has 2 nitrogen and oxygen atoms in total. The summed E-state index contributed by atoms with van der Waals surface area (Å²) in [7, 11) is 0. The molecular formula is C14H22BrNO. The van der Waals surface area contributed by atoms with E-state index >= 15 is 0 Å². The van der Waals surface area contributed by atoms with Crippen LogP contribution in [0.3, 0.4) is 0 Å². The smallest absolute Gasteiger partial charge is 0.119 e. The maximum atomic E-state index is 5.61. The number of hydrogen-bond donors (Lipinski definition) is 1. The van der Waals surface area contributed by atoms with Gasteiger partial charge in [-0.2, -0.15) is 0 Å². The number of nitrogens with one attached hydrogen (secondary N) is 1. The molecule has 0 atom stereocenters. The molecule has 0 saturated heterocycles. The number of hydrogen-bond acceptors (Lipinski definition) is 2. The van der Waals surface area contributed by atoms with Crippen LogP contribution >= 0.6 is 15.9 Å². The first kappa shape index (κ1) is 14.5. The lowest BCUT2D eigenvalue weighted by Crippen LogP contribution is -2.25. The maximum Gasteiger partial charge on any atom is 0.119 e. The van der Waals surface area contributed by atoms with Crippen LogP contribution in [0.5, 0.6) is 5.75 Å². The zero-order valence-corrected chi connectivity index (χ0v) is 12.5. The van der Waals surface area contributed by atoms with Crippen molar-refractivity contribution >= 4 is 15.9 Å². The summed E-state index contributed by atoms with van der Waals surface area (Å²) in [6, 6.07) is 7.92. The van der Waals surface area contributed by atoms with E-state index in [9.17, 15) is 0 Å². The minimum absolute atomic E-state index is 0.402. The Morgan fingerprint density at radius 2 is 1.76 bits per heavy atom. The van der Waals surface area contributed by atoms with Gasteiger partial charge in [-0.25, -0.2) is 0 Å². The van der Waals surface area contributed by atoms with Gasteiger partial charge in [0.25, 0.3) is 0 Å². The Morgan fingerprint density at radius 3 is 2.35 bits per heavy atom. The standard InChI is InChI=1S/C14H22BrNO/c1-14(2,3)8-9-16-10-11-17-13-6-4-12(15)5-7-13/h4-7,16H,8-11H2,1-3H3. The lowest BCUT2D eigenvalue weighted by Gasteiger charge is -2.18. The van der Waals surface area contributed by atoms with E-state index in [4.69, 9.17) is 4.74 Å². The fourth-order valence-corrected chi connectivity index (χ4v) is 1.62. The minimum Gasteiger partial charge on any atom is -0.492 e. The number of rotatable bonds is 6. The highest BCUT2D eigenvalue weighted by Crippen LogP contribution is 2.17. The molecule has 0 heterocycles. The van der Waals surface area contributed by atoms with Crippen LogP contribution in [0.4, 0.5) is 0 Å². The average molecular weight is 300 g/mol.